The highest BCUT2D eigenvalue weighted by molar-refractivity contribution is 5.53. The Morgan fingerprint density at radius 2 is 2.00 bits per heavy atom. The van der Waals surface area contributed by atoms with Gasteiger partial charge < -0.3 is 10.2 Å². The Morgan fingerprint density at radius 1 is 1.18 bits per heavy atom. The van der Waals surface area contributed by atoms with Gasteiger partial charge in [-0.15, -0.1) is 0 Å². The Kier molecular flexibility index (Phi) is 6.41. The summed E-state index contributed by atoms with van der Waals surface area (Å²) in [6.45, 7) is 2.09. The number of aromatic hydroxyl groups is 1. The lowest BCUT2D eigenvalue weighted by Crippen LogP contribution is -1.84. The Labute approximate surface area is 104 Å². The number of allylic oxidation sites excluding steroid dienone is 1. The van der Waals surface area contributed by atoms with Crippen molar-refractivity contribution in [1.29, 1.82) is 0 Å². The lowest BCUT2D eigenvalue weighted by molar-refractivity contribution is 0.275. The van der Waals surface area contributed by atoms with Crippen molar-refractivity contribution in [2.45, 2.75) is 45.6 Å². The van der Waals surface area contributed by atoms with E-state index in [0.717, 1.165) is 12.0 Å². The van der Waals surface area contributed by atoms with Crippen LogP contribution in [-0.4, -0.2) is 10.2 Å². The third kappa shape index (κ3) is 5.05. The van der Waals surface area contributed by atoms with Gasteiger partial charge in [-0.3, -0.25) is 0 Å². The van der Waals surface area contributed by atoms with E-state index in [-0.39, 0.29) is 12.4 Å². The number of benzene rings is 1. The fraction of sp³-hybridized carbons (Fsp3) is 0.467. The van der Waals surface area contributed by atoms with Gasteiger partial charge in [0, 0.05) is 5.56 Å². The van der Waals surface area contributed by atoms with Gasteiger partial charge in [0.25, 0.3) is 0 Å². The van der Waals surface area contributed by atoms with Crippen LogP contribution < -0.4 is 0 Å². The molecule has 2 N–H and O–H groups in total. The lowest BCUT2D eigenvalue weighted by Gasteiger charge is -2.01. The monoisotopic (exact) mass is 234 g/mol. The first-order valence-electron chi connectivity index (χ1n) is 6.37. The van der Waals surface area contributed by atoms with E-state index in [9.17, 15) is 5.11 Å². The summed E-state index contributed by atoms with van der Waals surface area (Å²) in [6, 6.07) is 5.36. The summed E-state index contributed by atoms with van der Waals surface area (Å²) in [7, 11) is 0. The molecular weight excluding hydrogens is 212 g/mol. The Balaban J connectivity index is 2.40. The molecule has 1 aromatic rings. The molecule has 2 nitrogen and oxygen atoms in total. The number of unbranched alkanes of at least 4 members (excludes halogenated alkanes) is 4. The van der Waals surface area contributed by atoms with E-state index in [1.165, 1.54) is 25.7 Å². The van der Waals surface area contributed by atoms with Crippen LogP contribution >= 0.6 is 0 Å². The minimum atomic E-state index is -0.118. The lowest BCUT2D eigenvalue weighted by atomic mass is 10.1. The quantitative estimate of drug-likeness (QED) is 0.703. The molecule has 0 heterocycles. The third-order valence-corrected chi connectivity index (χ3v) is 2.81. The Bertz CT molecular complexity index is 356. The molecule has 0 fully saturated rings. The molecule has 0 aromatic heterocycles. The molecule has 0 aliphatic carbocycles. The van der Waals surface area contributed by atoms with Gasteiger partial charge in [-0.25, -0.2) is 0 Å². The van der Waals surface area contributed by atoms with Crippen molar-refractivity contribution in [2.24, 2.45) is 0 Å². The number of hydrogen-bond acceptors (Lipinski definition) is 2. The highest BCUT2D eigenvalue weighted by Gasteiger charge is 1.98. The molecular formula is C15H22O2. The van der Waals surface area contributed by atoms with E-state index in [1.807, 2.05) is 12.1 Å². The summed E-state index contributed by atoms with van der Waals surface area (Å²) in [6.07, 6.45) is 10.3. The van der Waals surface area contributed by atoms with E-state index >= 15 is 0 Å². The van der Waals surface area contributed by atoms with Gasteiger partial charge in [-0.1, -0.05) is 50.5 Å². The Hall–Kier alpha value is -1.28. The number of aliphatic hydroxyl groups excluding tert-OH is 1. The second kappa shape index (κ2) is 7.91. The maximum Gasteiger partial charge on any atom is 0.121 e. The van der Waals surface area contributed by atoms with Crippen LogP contribution in [0.25, 0.3) is 6.08 Å². The first-order chi connectivity index (χ1) is 8.27. The van der Waals surface area contributed by atoms with Crippen molar-refractivity contribution in [3.8, 4) is 5.75 Å². The maximum absolute atomic E-state index is 9.57. The smallest absolute Gasteiger partial charge is 0.121 e. The van der Waals surface area contributed by atoms with Gasteiger partial charge in [0.1, 0.15) is 5.75 Å². The summed E-state index contributed by atoms with van der Waals surface area (Å²) in [5, 5.41) is 18.5. The largest absolute Gasteiger partial charge is 0.508 e. The molecule has 0 atom stereocenters. The standard InChI is InChI=1S/C15H22O2/c1-2-3-4-5-6-7-8-13-9-10-14(12-16)15(17)11-13/h7-11,16-17H,2-6,12H2,1H3. The zero-order valence-corrected chi connectivity index (χ0v) is 10.5. The molecule has 0 unspecified atom stereocenters. The number of phenols is 1. The molecule has 0 bridgehead atoms. The van der Waals surface area contributed by atoms with Crippen LogP contribution in [0.15, 0.2) is 24.3 Å². The van der Waals surface area contributed by atoms with Crippen molar-refractivity contribution in [2.75, 3.05) is 0 Å². The second-order valence-corrected chi connectivity index (χ2v) is 4.30. The first kappa shape index (κ1) is 13.8. The zero-order chi connectivity index (χ0) is 12.5. The van der Waals surface area contributed by atoms with Crippen LogP contribution in [0.3, 0.4) is 0 Å². The van der Waals surface area contributed by atoms with Gasteiger partial charge in [0.05, 0.1) is 6.61 Å². The van der Waals surface area contributed by atoms with Crippen molar-refractivity contribution in [3.63, 3.8) is 0 Å². The molecule has 0 spiro atoms. The van der Waals surface area contributed by atoms with Gasteiger partial charge in [-0.05, 0) is 24.5 Å². The van der Waals surface area contributed by atoms with Gasteiger partial charge in [-0.2, -0.15) is 0 Å². The van der Waals surface area contributed by atoms with Crippen molar-refractivity contribution in [3.05, 3.63) is 35.4 Å². The minimum absolute atomic E-state index is 0.118. The normalized spacial score (nSPS) is 11.2. The summed E-state index contributed by atoms with van der Waals surface area (Å²) in [4.78, 5) is 0. The van der Waals surface area contributed by atoms with Gasteiger partial charge >= 0.3 is 0 Å². The number of hydrogen-bond donors (Lipinski definition) is 2. The highest BCUT2D eigenvalue weighted by atomic mass is 16.3. The van der Waals surface area contributed by atoms with E-state index in [4.69, 9.17) is 5.11 Å². The molecule has 1 rings (SSSR count). The second-order valence-electron chi connectivity index (χ2n) is 4.30. The molecule has 94 valence electrons. The average Bonchev–Trinajstić information content (AvgIpc) is 2.34. The summed E-state index contributed by atoms with van der Waals surface area (Å²) >= 11 is 0. The summed E-state index contributed by atoms with van der Waals surface area (Å²) in [5.74, 6) is 0.167. The molecule has 0 aliphatic rings. The molecule has 2 heteroatoms. The topological polar surface area (TPSA) is 40.5 Å². The zero-order valence-electron chi connectivity index (χ0n) is 10.5. The predicted octanol–water partition coefficient (Wildman–Crippen LogP) is 3.87. The molecule has 1 aromatic carbocycles. The predicted molar refractivity (Wildman–Crippen MR) is 71.8 cm³/mol. The SMILES string of the molecule is CCCCCCC=Cc1ccc(CO)c(O)c1. The summed E-state index contributed by atoms with van der Waals surface area (Å²) < 4.78 is 0. The first-order valence-corrected chi connectivity index (χ1v) is 6.37. The molecule has 0 amide bonds. The van der Waals surface area contributed by atoms with Crippen LogP contribution in [-0.2, 0) is 6.61 Å². The molecule has 0 aliphatic heterocycles. The minimum Gasteiger partial charge on any atom is -0.508 e. The van der Waals surface area contributed by atoms with E-state index < -0.39 is 0 Å². The summed E-state index contributed by atoms with van der Waals surface area (Å²) in [5.41, 5.74) is 1.56. The van der Waals surface area contributed by atoms with Crippen molar-refractivity contribution in [1.82, 2.24) is 0 Å². The fourth-order valence-electron chi connectivity index (χ4n) is 1.73. The highest BCUT2D eigenvalue weighted by Crippen LogP contribution is 2.19. The molecule has 0 saturated carbocycles. The van der Waals surface area contributed by atoms with Crippen LogP contribution in [0, 0.1) is 0 Å². The number of aliphatic hydroxyl groups is 1. The fourth-order valence-corrected chi connectivity index (χ4v) is 1.73. The van der Waals surface area contributed by atoms with Crippen LogP contribution in [0.4, 0.5) is 0 Å². The van der Waals surface area contributed by atoms with Gasteiger partial charge in [0.2, 0.25) is 0 Å². The van der Waals surface area contributed by atoms with E-state index in [1.54, 1.807) is 12.1 Å². The molecule has 0 radical (unpaired) electrons. The molecule has 17 heavy (non-hydrogen) atoms. The van der Waals surface area contributed by atoms with Crippen LogP contribution in [0.2, 0.25) is 0 Å². The van der Waals surface area contributed by atoms with Crippen LogP contribution in [0.1, 0.15) is 50.2 Å². The average molecular weight is 234 g/mol. The van der Waals surface area contributed by atoms with Crippen molar-refractivity contribution < 1.29 is 10.2 Å². The van der Waals surface area contributed by atoms with Gasteiger partial charge in [0.15, 0.2) is 0 Å². The third-order valence-electron chi connectivity index (χ3n) is 2.81. The van der Waals surface area contributed by atoms with Crippen molar-refractivity contribution >= 4 is 6.08 Å². The Morgan fingerprint density at radius 3 is 2.65 bits per heavy atom. The number of rotatable bonds is 7. The van der Waals surface area contributed by atoms with E-state index in [2.05, 4.69) is 13.0 Å². The van der Waals surface area contributed by atoms with E-state index in [0.29, 0.717) is 5.56 Å². The maximum atomic E-state index is 9.57. The molecule has 0 saturated heterocycles. The van der Waals surface area contributed by atoms with Crippen LogP contribution in [0.5, 0.6) is 5.75 Å².